The Balaban J connectivity index is 2.12. The molecule has 2 aliphatic heterocycles. The number of hydrogen-bond acceptors (Lipinski definition) is 4. The molecule has 2 aliphatic rings. The van der Waals surface area contributed by atoms with Crippen LogP contribution in [0.3, 0.4) is 0 Å². The number of nitrogens with zero attached hydrogens (tertiary/aromatic N) is 1. The summed E-state index contributed by atoms with van der Waals surface area (Å²) in [6.07, 6.45) is 0. The number of ether oxygens (including phenoxy) is 1. The van der Waals surface area contributed by atoms with Crippen molar-refractivity contribution in [3.63, 3.8) is 0 Å². The minimum Gasteiger partial charge on any atom is -0.496 e. The summed E-state index contributed by atoms with van der Waals surface area (Å²) in [6, 6.07) is 6.96. The molecule has 0 N–H and O–H groups in total. The SMILES string of the molecule is COc1cccc2c1C1(CN(CCl)C2)SCCS1. The molecule has 0 bridgehead atoms. The highest BCUT2D eigenvalue weighted by Gasteiger charge is 2.45. The number of halogens is 1. The topological polar surface area (TPSA) is 12.5 Å². The van der Waals surface area contributed by atoms with Gasteiger partial charge in [-0.2, -0.15) is 0 Å². The largest absolute Gasteiger partial charge is 0.496 e. The third-order valence-corrected chi connectivity index (χ3v) is 7.18. The smallest absolute Gasteiger partial charge is 0.124 e. The van der Waals surface area contributed by atoms with Crippen molar-refractivity contribution < 1.29 is 4.74 Å². The Bertz CT molecular complexity index is 449. The van der Waals surface area contributed by atoms with Crippen molar-refractivity contribution in [2.75, 3.05) is 31.2 Å². The summed E-state index contributed by atoms with van der Waals surface area (Å²) in [6.45, 7) is 1.94. The highest BCUT2D eigenvalue weighted by molar-refractivity contribution is 8.20. The monoisotopic (exact) mass is 301 g/mol. The lowest BCUT2D eigenvalue weighted by Crippen LogP contribution is -2.40. The molecule has 98 valence electrons. The van der Waals surface area contributed by atoms with E-state index in [1.54, 1.807) is 7.11 Å². The average Bonchev–Trinajstić information content (AvgIpc) is 2.86. The van der Waals surface area contributed by atoms with Gasteiger partial charge in [0.25, 0.3) is 0 Å². The van der Waals surface area contributed by atoms with Crippen molar-refractivity contribution in [2.24, 2.45) is 0 Å². The van der Waals surface area contributed by atoms with Crippen molar-refractivity contribution >= 4 is 35.1 Å². The average molecular weight is 302 g/mol. The van der Waals surface area contributed by atoms with Crippen molar-refractivity contribution in [3.05, 3.63) is 29.3 Å². The van der Waals surface area contributed by atoms with E-state index in [2.05, 4.69) is 23.1 Å². The molecule has 1 aromatic rings. The van der Waals surface area contributed by atoms with Gasteiger partial charge in [0, 0.05) is 30.2 Å². The Labute approximate surface area is 121 Å². The highest BCUT2D eigenvalue weighted by atomic mass is 35.5. The van der Waals surface area contributed by atoms with E-state index in [0.717, 1.165) is 18.8 Å². The zero-order valence-electron chi connectivity index (χ0n) is 10.3. The number of alkyl halides is 1. The number of thioether (sulfide) groups is 2. The van der Waals surface area contributed by atoms with Gasteiger partial charge in [-0.25, -0.2) is 0 Å². The Morgan fingerprint density at radius 3 is 2.83 bits per heavy atom. The Hall–Kier alpha value is -0.0300. The minimum absolute atomic E-state index is 0.120. The van der Waals surface area contributed by atoms with Crippen molar-refractivity contribution in [2.45, 2.75) is 10.6 Å². The van der Waals surface area contributed by atoms with Crippen molar-refractivity contribution in [1.29, 1.82) is 0 Å². The van der Waals surface area contributed by atoms with Crippen LogP contribution in [-0.2, 0) is 10.6 Å². The lowest BCUT2D eigenvalue weighted by Gasteiger charge is -2.40. The first-order valence-corrected chi connectivity index (χ1v) is 8.52. The van der Waals surface area contributed by atoms with E-state index in [1.165, 1.54) is 22.6 Å². The number of methoxy groups -OCH3 is 1. The molecule has 0 unspecified atom stereocenters. The van der Waals surface area contributed by atoms with Crippen LogP contribution in [0.25, 0.3) is 0 Å². The van der Waals surface area contributed by atoms with Crippen LogP contribution < -0.4 is 4.74 Å². The molecule has 0 amide bonds. The molecule has 3 rings (SSSR count). The van der Waals surface area contributed by atoms with Gasteiger partial charge in [-0.1, -0.05) is 12.1 Å². The van der Waals surface area contributed by atoms with Gasteiger partial charge in [-0.05, 0) is 11.6 Å². The standard InChI is InChI=1S/C13H16ClNOS2/c1-16-11-4-2-3-10-7-15(9-14)8-13(12(10)11)17-5-6-18-13/h2-4H,5-9H2,1H3. The first kappa shape index (κ1) is 13.0. The van der Waals surface area contributed by atoms with E-state index >= 15 is 0 Å². The molecular weight excluding hydrogens is 286 g/mol. The minimum atomic E-state index is 0.120. The van der Waals surface area contributed by atoms with Gasteiger partial charge in [0.2, 0.25) is 0 Å². The fourth-order valence-electron chi connectivity index (χ4n) is 2.76. The molecule has 18 heavy (non-hydrogen) atoms. The van der Waals surface area contributed by atoms with E-state index in [0.29, 0.717) is 6.00 Å². The second kappa shape index (κ2) is 5.16. The van der Waals surface area contributed by atoms with Crippen LogP contribution >= 0.6 is 35.1 Å². The summed E-state index contributed by atoms with van der Waals surface area (Å²) in [5.74, 6) is 3.44. The molecule has 0 aliphatic carbocycles. The third-order valence-electron chi connectivity index (χ3n) is 3.46. The summed E-state index contributed by atoms with van der Waals surface area (Å²) < 4.78 is 5.71. The molecule has 2 heterocycles. The molecule has 0 atom stereocenters. The van der Waals surface area contributed by atoms with Crippen LogP contribution in [0.1, 0.15) is 11.1 Å². The molecule has 1 saturated heterocycles. The molecule has 1 spiro atoms. The van der Waals surface area contributed by atoms with Crippen molar-refractivity contribution in [1.82, 2.24) is 4.90 Å². The summed E-state index contributed by atoms with van der Waals surface area (Å²) in [5, 5.41) is 0. The maximum Gasteiger partial charge on any atom is 0.124 e. The fourth-order valence-corrected chi connectivity index (χ4v) is 6.38. The maximum atomic E-state index is 6.06. The van der Waals surface area contributed by atoms with Crippen molar-refractivity contribution in [3.8, 4) is 5.75 Å². The normalized spacial score (nSPS) is 22.1. The quantitative estimate of drug-likeness (QED) is 0.613. The highest BCUT2D eigenvalue weighted by Crippen LogP contribution is 2.57. The van der Waals surface area contributed by atoms with E-state index in [9.17, 15) is 0 Å². The van der Waals surface area contributed by atoms with Crippen LogP contribution in [0.15, 0.2) is 18.2 Å². The first-order valence-electron chi connectivity index (χ1n) is 6.02. The van der Waals surface area contributed by atoms with Gasteiger partial charge in [0.1, 0.15) is 9.83 Å². The first-order chi connectivity index (χ1) is 8.79. The summed E-state index contributed by atoms with van der Waals surface area (Å²) >= 11 is 10.1. The number of hydrogen-bond donors (Lipinski definition) is 0. The summed E-state index contributed by atoms with van der Waals surface area (Å²) in [5.41, 5.74) is 2.75. The number of benzene rings is 1. The van der Waals surface area contributed by atoms with E-state index in [4.69, 9.17) is 16.3 Å². The molecule has 2 nitrogen and oxygen atoms in total. The zero-order valence-corrected chi connectivity index (χ0v) is 12.7. The predicted molar refractivity (Wildman–Crippen MR) is 80.7 cm³/mol. The van der Waals surface area contributed by atoms with Crippen LogP contribution in [0, 0.1) is 0 Å². The molecule has 0 saturated carbocycles. The second-order valence-electron chi connectivity index (χ2n) is 4.55. The van der Waals surface area contributed by atoms with Gasteiger partial charge in [0.15, 0.2) is 0 Å². The van der Waals surface area contributed by atoms with Crippen LogP contribution in [0.2, 0.25) is 0 Å². The van der Waals surface area contributed by atoms with Crippen LogP contribution in [-0.4, -0.2) is 36.1 Å². The van der Waals surface area contributed by atoms with E-state index < -0.39 is 0 Å². The number of fused-ring (bicyclic) bond motifs is 2. The Morgan fingerprint density at radius 1 is 1.39 bits per heavy atom. The van der Waals surface area contributed by atoms with Crippen LogP contribution in [0.5, 0.6) is 5.75 Å². The third kappa shape index (κ3) is 2.03. The summed E-state index contributed by atoms with van der Waals surface area (Å²) in [7, 11) is 1.77. The molecule has 5 heteroatoms. The molecular formula is C13H16ClNOS2. The molecule has 1 fully saturated rings. The molecule has 1 aromatic carbocycles. The Kier molecular flexibility index (Phi) is 3.72. The lowest BCUT2D eigenvalue weighted by molar-refractivity contribution is 0.279. The van der Waals surface area contributed by atoms with Gasteiger partial charge in [0.05, 0.1) is 13.1 Å². The molecule has 0 aromatic heterocycles. The molecule has 0 radical (unpaired) electrons. The maximum absolute atomic E-state index is 6.06. The second-order valence-corrected chi connectivity index (χ2v) is 7.84. The van der Waals surface area contributed by atoms with Gasteiger partial charge < -0.3 is 4.74 Å². The van der Waals surface area contributed by atoms with Gasteiger partial charge >= 0.3 is 0 Å². The Morgan fingerprint density at radius 2 is 2.17 bits per heavy atom. The fraction of sp³-hybridized carbons (Fsp3) is 0.538. The zero-order chi connectivity index (χ0) is 12.6. The predicted octanol–water partition coefficient (Wildman–Crippen LogP) is 3.34. The number of rotatable bonds is 2. The van der Waals surface area contributed by atoms with Gasteiger partial charge in [-0.3, -0.25) is 4.90 Å². The lowest BCUT2D eigenvalue weighted by atomic mass is 9.98. The van der Waals surface area contributed by atoms with Crippen LogP contribution in [0.4, 0.5) is 0 Å². The summed E-state index contributed by atoms with van der Waals surface area (Å²) in [4.78, 5) is 2.31. The van der Waals surface area contributed by atoms with Gasteiger partial charge in [-0.15, -0.1) is 35.1 Å². The van der Waals surface area contributed by atoms with E-state index in [-0.39, 0.29) is 4.08 Å². The van der Waals surface area contributed by atoms with E-state index in [1.807, 2.05) is 23.5 Å².